The molecule has 0 radical (unpaired) electrons. The number of nitrogens with two attached hydrogens (primary N) is 1. The molecule has 3 aromatic carbocycles. The molecule has 0 fully saturated rings. The molecule has 0 saturated carbocycles. The van der Waals surface area contributed by atoms with Gasteiger partial charge in [-0.25, -0.2) is 18.5 Å². The lowest BCUT2D eigenvalue weighted by Crippen LogP contribution is -2.30. The van der Waals surface area contributed by atoms with Gasteiger partial charge in [0.05, 0.1) is 11.4 Å². The van der Waals surface area contributed by atoms with E-state index >= 15 is 0 Å². The van der Waals surface area contributed by atoms with E-state index in [9.17, 15) is 8.42 Å². The molecule has 0 amide bonds. The number of anilines is 1. The molecule has 0 heterocycles. The minimum atomic E-state index is -3.74. The molecule has 0 saturated heterocycles. The third-order valence-electron chi connectivity index (χ3n) is 4.26. The van der Waals surface area contributed by atoms with E-state index in [1.165, 1.54) is 11.6 Å². The van der Waals surface area contributed by atoms with Crippen molar-refractivity contribution in [3.63, 3.8) is 0 Å². The second kappa shape index (κ2) is 9.36. The second-order valence-electron chi connectivity index (χ2n) is 6.69. The van der Waals surface area contributed by atoms with Crippen molar-refractivity contribution in [2.45, 2.75) is 24.9 Å². The van der Waals surface area contributed by atoms with E-state index < -0.39 is 10.0 Å². The highest BCUT2D eigenvalue weighted by Gasteiger charge is 2.08. The van der Waals surface area contributed by atoms with E-state index in [0.29, 0.717) is 19.0 Å². The first-order valence-electron chi connectivity index (χ1n) is 9.18. The first kappa shape index (κ1) is 20.6. The van der Waals surface area contributed by atoms with Crippen LogP contribution in [0.25, 0.3) is 0 Å². The topological polar surface area (TPSA) is 96.6 Å². The van der Waals surface area contributed by atoms with Gasteiger partial charge in [0.2, 0.25) is 10.0 Å². The van der Waals surface area contributed by atoms with Crippen LogP contribution in [0, 0.1) is 6.92 Å². The van der Waals surface area contributed by atoms with E-state index in [4.69, 9.17) is 5.14 Å². The van der Waals surface area contributed by atoms with Gasteiger partial charge in [0.25, 0.3) is 0 Å². The number of aryl methyl sites for hydroxylation is 1. The fraction of sp³-hybridized carbons (Fsp3) is 0.136. The zero-order chi connectivity index (χ0) is 20.7. The van der Waals surface area contributed by atoms with Gasteiger partial charge in [-0.3, -0.25) is 0 Å². The van der Waals surface area contributed by atoms with Crippen LogP contribution in [0.2, 0.25) is 0 Å². The number of aliphatic imine (C=N–C) groups is 1. The Balaban J connectivity index is 1.77. The van der Waals surface area contributed by atoms with Gasteiger partial charge in [0, 0.05) is 12.2 Å². The number of para-hydroxylation sites is 1. The summed E-state index contributed by atoms with van der Waals surface area (Å²) in [5, 5.41) is 11.8. The Morgan fingerprint density at radius 2 is 1.66 bits per heavy atom. The molecule has 0 aliphatic carbocycles. The maximum Gasteiger partial charge on any atom is 0.238 e. The molecule has 6 nitrogen and oxygen atoms in total. The first-order valence-corrected chi connectivity index (χ1v) is 10.7. The Labute approximate surface area is 171 Å². The van der Waals surface area contributed by atoms with Gasteiger partial charge in [0.1, 0.15) is 0 Å². The number of primary sulfonamides is 1. The van der Waals surface area contributed by atoms with E-state index in [-0.39, 0.29) is 4.90 Å². The van der Waals surface area contributed by atoms with Crippen LogP contribution in [0.3, 0.4) is 0 Å². The molecule has 150 valence electrons. The molecule has 0 aliphatic heterocycles. The summed E-state index contributed by atoms with van der Waals surface area (Å²) in [6.45, 7) is 2.96. The van der Waals surface area contributed by atoms with Gasteiger partial charge >= 0.3 is 0 Å². The van der Waals surface area contributed by atoms with Crippen LogP contribution in [-0.4, -0.2) is 14.4 Å². The van der Waals surface area contributed by atoms with E-state index in [1.807, 2.05) is 36.4 Å². The molecule has 29 heavy (non-hydrogen) atoms. The minimum absolute atomic E-state index is 0.0791. The third-order valence-corrected chi connectivity index (χ3v) is 5.17. The summed E-state index contributed by atoms with van der Waals surface area (Å²) in [5.41, 5.74) is 4.00. The summed E-state index contributed by atoms with van der Waals surface area (Å²) in [6, 6.07) is 24.5. The van der Waals surface area contributed by atoms with Crippen molar-refractivity contribution >= 4 is 21.7 Å². The van der Waals surface area contributed by atoms with Crippen LogP contribution in [0.4, 0.5) is 5.69 Å². The lowest BCUT2D eigenvalue weighted by Gasteiger charge is -2.13. The lowest BCUT2D eigenvalue weighted by atomic mass is 10.1. The monoisotopic (exact) mass is 408 g/mol. The number of sulfonamides is 1. The molecule has 0 unspecified atom stereocenters. The highest BCUT2D eigenvalue weighted by molar-refractivity contribution is 7.89. The van der Waals surface area contributed by atoms with E-state index in [2.05, 4.69) is 46.8 Å². The average Bonchev–Trinajstić information content (AvgIpc) is 2.71. The Hall–Kier alpha value is -3.16. The van der Waals surface area contributed by atoms with Crippen LogP contribution in [-0.2, 0) is 23.1 Å². The van der Waals surface area contributed by atoms with Gasteiger partial charge in [-0.15, -0.1) is 0 Å². The van der Waals surface area contributed by atoms with E-state index in [1.54, 1.807) is 12.1 Å². The quantitative estimate of drug-likeness (QED) is 0.430. The molecule has 3 rings (SSSR count). The zero-order valence-electron chi connectivity index (χ0n) is 16.2. The van der Waals surface area contributed by atoms with Gasteiger partial charge in [0.15, 0.2) is 5.96 Å². The van der Waals surface area contributed by atoms with Crippen molar-refractivity contribution < 1.29 is 8.42 Å². The van der Waals surface area contributed by atoms with Crippen molar-refractivity contribution in [1.82, 2.24) is 5.32 Å². The molecule has 3 aromatic rings. The summed E-state index contributed by atoms with van der Waals surface area (Å²) >= 11 is 0. The van der Waals surface area contributed by atoms with Gasteiger partial charge in [-0.2, -0.15) is 0 Å². The molecule has 7 heteroatoms. The SMILES string of the molecule is Cc1ccc(CNC(=NCc2cccc(S(N)(=O)=O)c2)Nc2ccccc2)cc1. The zero-order valence-corrected chi connectivity index (χ0v) is 17.0. The van der Waals surface area contributed by atoms with Crippen molar-refractivity contribution in [2.75, 3.05) is 5.32 Å². The average molecular weight is 409 g/mol. The van der Waals surface area contributed by atoms with Crippen LogP contribution in [0.15, 0.2) is 88.8 Å². The molecule has 0 spiro atoms. The highest BCUT2D eigenvalue weighted by Crippen LogP contribution is 2.11. The summed E-state index contributed by atoms with van der Waals surface area (Å²) in [7, 11) is -3.74. The van der Waals surface area contributed by atoms with Crippen LogP contribution in [0.1, 0.15) is 16.7 Å². The predicted molar refractivity (Wildman–Crippen MR) is 117 cm³/mol. The van der Waals surface area contributed by atoms with Crippen LogP contribution in [0.5, 0.6) is 0 Å². The normalized spacial score (nSPS) is 11.9. The minimum Gasteiger partial charge on any atom is -0.352 e. The Morgan fingerprint density at radius 1 is 0.931 bits per heavy atom. The number of nitrogens with one attached hydrogen (secondary N) is 2. The second-order valence-corrected chi connectivity index (χ2v) is 8.25. The largest absolute Gasteiger partial charge is 0.352 e. The summed E-state index contributed by atoms with van der Waals surface area (Å²) in [5.74, 6) is 0.595. The number of nitrogens with zero attached hydrogens (tertiary/aromatic N) is 1. The number of hydrogen-bond donors (Lipinski definition) is 3. The Kier molecular flexibility index (Phi) is 6.64. The van der Waals surface area contributed by atoms with Gasteiger partial charge in [-0.05, 0) is 42.3 Å². The number of benzene rings is 3. The Morgan fingerprint density at radius 3 is 2.34 bits per heavy atom. The summed E-state index contributed by atoms with van der Waals surface area (Å²) in [6.07, 6.45) is 0. The maximum absolute atomic E-state index is 11.6. The number of rotatable bonds is 6. The van der Waals surface area contributed by atoms with Crippen LogP contribution >= 0.6 is 0 Å². The number of guanidine groups is 1. The van der Waals surface area contributed by atoms with Crippen molar-refractivity contribution in [3.05, 3.63) is 95.6 Å². The standard InChI is InChI=1S/C22H24N4O2S/c1-17-10-12-18(13-11-17)15-24-22(26-20-7-3-2-4-8-20)25-16-19-6-5-9-21(14-19)29(23,27)28/h2-14H,15-16H2,1H3,(H2,23,27,28)(H2,24,25,26). The van der Waals surface area contributed by atoms with Gasteiger partial charge in [-0.1, -0.05) is 60.2 Å². The summed E-state index contributed by atoms with van der Waals surface area (Å²) in [4.78, 5) is 4.68. The first-order chi connectivity index (χ1) is 13.9. The highest BCUT2D eigenvalue weighted by atomic mass is 32.2. The number of hydrogen-bond acceptors (Lipinski definition) is 3. The molecule has 4 N–H and O–H groups in total. The maximum atomic E-state index is 11.6. The van der Waals surface area contributed by atoms with Crippen molar-refractivity contribution in [3.8, 4) is 0 Å². The van der Waals surface area contributed by atoms with Crippen molar-refractivity contribution in [2.24, 2.45) is 10.1 Å². The third kappa shape index (κ3) is 6.44. The molecule has 0 atom stereocenters. The summed E-state index contributed by atoms with van der Waals surface area (Å²) < 4.78 is 23.1. The molecule has 0 aliphatic rings. The predicted octanol–water partition coefficient (Wildman–Crippen LogP) is 3.40. The molecular formula is C22H24N4O2S. The van der Waals surface area contributed by atoms with E-state index in [0.717, 1.165) is 16.8 Å². The smallest absolute Gasteiger partial charge is 0.238 e. The van der Waals surface area contributed by atoms with Gasteiger partial charge < -0.3 is 10.6 Å². The lowest BCUT2D eigenvalue weighted by molar-refractivity contribution is 0.597. The molecule has 0 aromatic heterocycles. The molecular weight excluding hydrogens is 384 g/mol. The molecule has 0 bridgehead atoms. The fourth-order valence-electron chi connectivity index (χ4n) is 2.68. The fourth-order valence-corrected chi connectivity index (χ4v) is 3.26. The van der Waals surface area contributed by atoms with Crippen molar-refractivity contribution in [1.29, 1.82) is 0 Å². The Bertz CT molecular complexity index is 1080. The van der Waals surface area contributed by atoms with Crippen LogP contribution < -0.4 is 15.8 Å².